The molecule has 0 saturated carbocycles. The Bertz CT molecular complexity index is 785. The van der Waals surface area contributed by atoms with Gasteiger partial charge in [-0.25, -0.2) is 0 Å². The highest BCUT2D eigenvalue weighted by atomic mass is 16.3. The summed E-state index contributed by atoms with van der Waals surface area (Å²) in [6, 6.07) is 20.1. The third kappa shape index (κ3) is 3.80. The number of rotatable bonds is 5. The number of benzene rings is 2. The maximum atomic E-state index is 13.0. The molecule has 0 bridgehead atoms. The summed E-state index contributed by atoms with van der Waals surface area (Å²) in [6.07, 6.45) is 1.16. The van der Waals surface area contributed by atoms with Crippen molar-refractivity contribution in [1.29, 1.82) is 0 Å². The molecule has 28 heavy (non-hydrogen) atoms. The lowest BCUT2D eigenvalue weighted by atomic mass is 9.88. The van der Waals surface area contributed by atoms with Gasteiger partial charge in [0.2, 0.25) is 11.8 Å². The van der Waals surface area contributed by atoms with Crippen molar-refractivity contribution in [2.75, 3.05) is 19.6 Å². The van der Waals surface area contributed by atoms with Crippen LogP contribution in [0.25, 0.3) is 0 Å². The Morgan fingerprint density at radius 1 is 0.964 bits per heavy atom. The van der Waals surface area contributed by atoms with Gasteiger partial charge in [0.05, 0.1) is 12.6 Å². The molecule has 0 unspecified atom stereocenters. The van der Waals surface area contributed by atoms with Crippen LogP contribution in [0.1, 0.15) is 36.3 Å². The summed E-state index contributed by atoms with van der Waals surface area (Å²) in [5, 5.41) is 9.95. The Labute approximate surface area is 165 Å². The van der Waals surface area contributed by atoms with E-state index in [4.69, 9.17) is 0 Å². The molecule has 146 valence electrons. The minimum absolute atomic E-state index is 0.00697. The van der Waals surface area contributed by atoms with E-state index in [1.54, 1.807) is 9.80 Å². The lowest BCUT2D eigenvalue weighted by molar-refractivity contribution is -0.160. The van der Waals surface area contributed by atoms with Crippen molar-refractivity contribution >= 4 is 11.8 Å². The van der Waals surface area contributed by atoms with Gasteiger partial charge < -0.3 is 14.9 Å². The van der Waals surface area contributed by atoms with Gasteiger partial charge in [0.25, 0.3) is 0 Å². The molecule has 2 aromatic carbocycles. The highest BCUT2D eigenvalue weighted by Gasteiger charge is 2.42. The summed E-state index contributed by atoms with van der Waals surface area (Å²) in [6.45, 7) is 1.14. The van der Waals surface area contributed by atoms with Gasteiger partial charge in [0, 0.05) is 25.4 Å². The second kappa shape index (κ2) is 8.15. The van der Waals surface area contributed by atoms with Crippen LogP contribution in [0.3, 0.4) is 0 Å². The van der Waals surface area contributed by atoms with Crippen LogP contribution in [0.15, 0.2) is 60.7 Å². The van der Waals surface area contributed by atoms with Crippen LogP contribution in [0, 0.1) is 0 Å². The highest BCUT2D eigenvalue weighted by molar-refractivity contribution is 5.95. The molecule has 0 radical (unpaired) electrons. The molecule has 2 aromatic rings. The van der Waals surface area contributed by atoms with Gasteiger partial charge >= 0.3 is 0 Å². The third-order valence-electron chi connectivity index (χ3n) is 5.91. The molecule has 5 nitrogen and oxygen atoms in total. The van der Waals surface area contributed by atoms with Gasteiger partial charge in [-0.1, -0.05) is 60.7 Å². The molecule has 2 aliphatic rings. The molecule has 2 fully saturated rings. The molecule has 2 amide bonds. The lowest BCUT2D eigenvalue weighted by Crippen LogP contribution is -2.62. The lowest BCUT2D eigenvalue weighted by Gasteiger charge is -2.44. The van der Waals surface area contributed by atoms with Crippen LogP contribution in [0.2, 0.25) is 0 Å². The van der Waals surface area contributed by atoms with Crippen LogP contribution in [0.5, 0.6) is 0 Å². The van der Waals surface area contributed by atoms with Crippen LogP contribution >= 0.6 is 0 Å². The van der Waals surface area contributed by atoms with E-state index in [2.05, 4.69) is 24.3 Å². The second-order valence-corrected chi connectivity index (χ2v) is 7.70. The predicted octanol–water partition coefficient (Wildman–Crippen LogP) is 2.40. The first-order valence-electron chi connectivity index (χ1n) is 9.99. The van der Waals surface area contributed by atoms with E-state index in [-0.39, 0.29) is 24.3 Å². The molecule has 0 aliphatic carbocycles. The van der Waals surface area contributed by atoms with E-state index in [0.29, 0.717) is 25.9 Å². The SMILES string of the molecule is O=C1[C@H]2C[C@@H](O)CCN2C(=O)CN1CCC(c1ccccc1)c1ccccc1. The normalized spacial score (nSPS) is 22.5. The molecule has 2 aliphatic heterocycles. The van der Waals surface area contributed by atoms with Crippen LogP contribution < -0.4 is 0 Å². The van der Waals surface area contributed by atoms with E-state index < -0.39 is 12.1 Å². The average molecular weight is 378 g/mol. The Morgan fingerprint density at radius 2 is 1.57 bits per heavy atom. The summed E-state index contributed by atoms with van der Waals surface area (Å²) in [7, 11) is 0. The molecule has 0 spiro atoms. The summed E-state index contributed by atoms with van der Waals surface area (Å²) in [5.74, 6) is 0.131. The van der Waals surface area contributed by atoms with E-state index in [0.717, 1.165) is 6.42 Å². The number of piperazine rings is 1. The van der Waals surface area contributed by atoms with Crippen LogP contribution in [-0.4, -0.2) is 58.5 Å². The summed E-state index contributed by atoms with van der Waals surface area (Å²) in [4.78, 5) is 28.8. The number of hydrogen-bond acceptors (Lipinski definition) is 3. The average Bonchev–Trinajstić information content (AvgIpc) is 2.73. The maximum absolute atomic E-state index is 13.0. The third-order valence-corrected chi connectivity index (χ3v) is 5.91. The first kappa shape index (κ1) is 18.7. The molecule has 2 saturated heterocycles. The second-order valence-electron chi connectivity index (χ2n) is 7.70. The van der Waals surface area contributed by atoms with Gasteiger partial charge in [-0.3, -0.25) is 9.59 Å². The summed E-state index contributed by atoms with van der Waals surface area (Å²) >= 11 is 0. The van der Waals surface area contributed by atoms with Gasteiger partial charge in [-0.05, 0) is 24.0 Å². The van der Waals surface area contributed by atoms with Crippen LogP contribution in [-0.2, 0) is 9.59 Å². The number of fused-ring (bicyclic) bond motifs is 1. The number of aliphatic hydroxyl groups is 1. The fourth-order valence-electron chi connectivity index (χ4n) is 4.39. The number of carbonyl (C=O) groups is 2. The Kier molecular flexibility index (Phi) is 5.44. The predicted molar refractivity (Wildman–Crippen MR) is 107 cm³/mol. The molecular weight excluding hydrogens is 352 g/mol. The topological polar surface area (TPSA) is 60.9 Å². The Balaban J connectivity index is 1.51. The number of amides is 2. The molecule has 2 heterocycles. The van der Waals surface area contributed by atoms with Crippen molar-refractivity contribution in [3.05, 3.63) is 71.8 Å². The standard InChI is InChI=1S/C23H26N2O3/c26-19-11-14-25-21(15-19)23(28)24(16-22(25)27)13-12-20(17-7-3-1-4-8-17)18-9-5-2-6-10-18/h1-10,19-21,26H,11-16H2/t19-,21+/m0/s1. The molecule has 1 N–H and O–H groups in total. The molecule has 5 heteroatoms. The van der Waals surface area contributed by atoms with Crippen molar-refractivity contribution in [2.24, 2.45) is 0 Å². The molecule has 4 rings (SSSR count). The summed E-state index contributed by atoms with van der Waals surface area (Å²) in [5.41, 5.74) is 2.42. The van der Waals surface area contributed by atoms with E-state index in [1.165, 1.54) is 11.1 Å². The minimum Gasteiger partial charge on any atom is -0.393 e. The van der Waals surface area contributed by atoms with Crippen molar-refractivity contribution < 1.29 is 14.7 Å². The molecule has 0 aromatic heterocycles. The minimum atomic E-state index is -0.503. The van der Waals surface area contributed by atoms with E-state index in [1.807, 2.05) is 36.4 Å². The Morgan fingerprint density at radius 3 is 2.18 bits per heavy atom. The zero-order chi connectivity index (χ0) is 19.5. The van der Waals surface area contributed by atoms with E-state index >= 15 is 0 Å². The zero-order valence-electron chi connectivity index (χ0n) is 15.9. The van der Waals surface area contributed by atoms with Gasteiger partial charge in [0.1, 0.15) is 6.04 Å². The van der Waals surface area contributed by atoms with Crippen LogP contribution in [0.4, 0.5) is 0 Å². The number of hydrogen-bond donors (Lipinski definition) is 1. The molecular formula is C23H26N2O3. The van der Waals surface area contributed by atoms with Gasteiger partial charge in [-0.15, -0.1) is 0 Å². The molecule has 2 atom stereocenters. The number of aliphatic hydroxyl groups excluding tert-OH is 1. The maximum Gasteiger partial charge on any atom is 0.245 e. The largest absolute Gasteiger partial charge is 0.393 e. The van der Waals surface area contributed by atoms with Crippen molar-refractivity contribution in [2.45, 2.75) is 37.3 Å². The first-order valence-corrected chi connectivity index (χ1v) is 9.99. The Hall–Kier alpha value is -2.66. The fourth-order valence-corrected chi connectivity index (χ4v) is 4.39. The van der Waals surface area contributed by atoms with Crippen molar-refractivity contribution in [3.8, 4) is 0 Å². The van der Waals surface area contributed by atoms with E-state index in [9.17, 15) is 14.7 Å². The first-order chi connectivity index (χ1) is 13.6. The monoisotopic (exact) mass is 378 g/mol. The summed E-state index contributed by atoms with van der Waals surface area (Å²) < 4.78 is 0. The highest BCUT2D eigenvalue weighted by Crippen LogP contribution is 2.29. The fraction of sp³-hybridized carbons (Fsp3) is 0.391. The number of nitrogens with zero attached hydrogens (tertiary/aromatic N) is 2. The smallest absolute Gasteiger partial charge is 0.245 e. The van der Waals surface area contributed by atoms with Crippen molar-refractivity contribution in [1.82, 2.24) is 9.80 Å². The number of piperidine rings is 1. The zero-order valence-corrected chi connectivity index (χ0v) is 15.9. The van der Waals surface area contributed by atoms with Gasteiger partial charge in [0.15, 0.2) is 0 Å². The van der Waals surface area contributed by atoms with Crippen molar-refractivity contribution in [3.63, 3.8) is 0 Å². The van der Waals surface area contributed by atoms with Gasteiger partial charge in [-0.2, -0.15) is 0 Å². The quantitative estimate of drug-likeness (QED) is 0.869. The number of carbonyl (C=O) groups excluding carboxylic acids is 2.